The van der Waals surface area contributed by atoms with E-state index in [4.69, 9.17) is 0 Å². The highest BCUT2D eigenvalue weighted by Crippen LogP contribution is 2.18. The van der Waals surface area contributed by atoms with Crippen LogP contribution in [0.1, 0.15) is 25.3 Å². The molecule has 2 N–H and O–H groups in total. The summed E-state index contributed by atoms with van der Waals surface area (Å²) in [4.78, 5) is 22.5. The Morgan fingerprint density at radius 2 is 2.22 bits per heavy atom. The minimum absolute atomic E-state index is 0.259. The zero-order chi connectivity index (χ0) is 13.1. The van der Waals surface area contributed by atoms with Gasteiger partial charge in [0.05, 0.1) is 0 Å². The fourth-order valence-corrected chi connectivity index (χ4v) is 1.96. The molecule has 5 heteroatoms. The Morgan fingerprint density at radius 3 is 2.83 bits per heavy atom. The molecule has 2 amide bonds. The molecule has 0 bridgehead atoms. The molecule has 1 aromatic rings. The van der Waals surface area contributed by atoms with Gasteiger partial charge >= 0.3 is 0 Å². The molecule has 96 valence electrons. The van der Waals surface area contributed by atoms with Crippen molar-refractivity contribution in [3.8, 4) is 0 Å². The highest BCUT2D eigenvalue weighted by Gasteiger charge is 2.26. The van der Waals surface area contributed by atoms with Crippen molar-refractivity contribution < 1.29 is 14.0 Å². The first kappa shape index (κ1) is 12.5. The fraction of sp³-hybridized carbons (Fsp3) is 0.385. The minimum atomic E-state index is -0.477. The summed E-state index contributed by atoms with van der Waals surface area (Å²) in [6.45, 7) is 1.88. The number of carbonyl (C=O) groups excluding carboxylic acids is 2. The number of amides is 2. The number of hydrogen-bond donors (Lipinski definition) is 2. The third-order valence-electron chi connectivity index (χ3n) is 3.01. The number of hydrogen-bond acceptors (Lipinski definition) is 3. The van der Waals surface area contributed by atoms with Crippen molar-refractivity contribution in [3.05, 3.63) is 29.6 Å². The molecule has 18 heavy (non-hydrogen) atoms. The molecular weight excluding hydrogens is 235 g/mol. The van der Waals surface area contributed by atoms with Gasteiger partial charge in [0.15, 0.2) is 0 Å². The average molecular weight is 250 g/mol. The third kappa shape index (κ3) is 2.67. The standard InChI is InChI=1S/C13H15FN2O2/c1-2-8-3-4-9(7-10(8)14)15-11-5-6-12(17)16-13(11)18/h3-4,7,11,15H,2,5-6H2,1H3,(H,16,17,18)/t11-/m0/s1. The molecule has 0 radical (unpaired) electrons. The SMILES string of the molecule is CCc1ccc(N[C@H]2CCC(=O)NC2=O)cc1F. The normalized spacial score (nSPS) is 19.6. The maximum absolute atomic E-state index is 13.6. The largest absolute Gasteiger partial charge is 0.374 e. The Bertz CT molecular complexity index is 488. The summed E-state index contributed by atoms with van der Waals surface area (Å²) in [5.74, 6) is -0.897. The second-order valence-electron chi connectivity index (χ2n) is 4.31. The van der Waals surface area contributed by atoms with Gasteiger partial charge in [0.1, 0.15) is 11.9 Å². The first-order valence-corrected chi connectivity index (χ1v) is 5.99. The Hall–Kier alpha value is -1.91. The summed E-state index contributed by atoms with van der Waals surface area (Å²) < 4.78 is 13.6. The first-order valence-electron chi connectivity index (χ1n) is 5.99. The first-order chi connectivity index (χ1) is 8.60. The van der Waals surface area contributed by atoms with Crippen LogP contribution < -0.4 is 10.6 Å². The number of carbonyl (C=O) groups is 2. The Labute approximate surface area is 105 Å². The smallest absolute Gasteiger partial charge is 0.249 e. The lowest BCUT2D eigenvalue weighted by atomic mass is 10.1. The van der Waals surface area contributed by atoms with Gasteiger partial charge in [0, 0.05) is 12.1 Å². The van der Waals surface area contributed by atoms with E-state index in [1.54, 1.807) is 12.1 Å². The Morgan fingerprint density at radius 1 is 1.44 bits per heavy atom. The van der Waals surface area contributed by atoms with Crippen LogP contribution in [0.4, 0.5) is 10.1 Å². The summed E-state index contributed by atoms with van der Waals surface area (Å²) in [7, 11) is 0. The van der Waals surface area contributed by atoms with Crippen LogP contribution in [0.15, 0.2) is 18.2 Å². The topological polar surface area (TPSA) is 58.2 Å². The minimum Gasteiger partial charge on any atom is -0.374 e. The monoisotopic (exact) mass is 250 g/mol. The van der Waals surface area contributed by atoms with Crippen molar-refractivity contribution in [1.29, 1.82) is 0 Å². The molecule has 1 aliphatic rings. The second kappa shape index (κ2) is 5.16. The lowest BCUT2D eigenvalue weighted by molar-refractivity contribution is -0.133. The summed E-state index contributed by atoms with van der Waals surface area (Å²) in [5, 5.41) is 5.19. The van der Waals surface area contributed by atoms with Crippen molar-refractivity contribution in [2.24, 2.45) is 0 Å². The zero-order valence-corrected chi connectivity index (χ0v) is 10.1. The molecule has 0 aliphatic carbocycles. The Kier molecular flexibility index (Phi) is 3.60. The third-order valence-corrected chi connectivity index (χ3v) is 3.01. The predicted octanol–water partition coefficient (Wildman–Crippen LogP) is 1.61. The van der Waals surface area contributed by atoms with Crippen LogP contribution in [-0.4, -0.2) is 17.9 Å². The van der Waals surface area contributed by atoms with Gasteiger partial charge in [0.25, 0.3) is 0 Å². The average Bonchev–Trinajstić information content (AvgIpc) is 2.33. The van der Waals surface area contributed by atoms with E-state index in [2.05, 4.69) is 10.6 Å². The molecule has 1 atom stereocenters. The molecule has 1 aromatic carbocycles. The number of rotatable bonds is 3. The molecular formula is C13H15FN2O2. The van der Waals surface area contributed by atoms with Crippen LogP contribution in [0, 0.1) is 5.82 Å². The van der Waals surface area contributed by atoms with Gasteiger partial charge < -0.3 is 5.32 Å². The van der Waals surface area contributed by atoms with Crippen molar-refractivity contribution >= 4 is 17.5 Å². The van der Waals surface area contributed by atoms with Crippen molar-refractivity contribution in [3.63, 3.8) is 0 Å². The molecule has 0 unspecified atom stereocenters. The van der Waals surface area contributed by atoms with Gasteiger partial charge in [-0.2, -0.15) is 0 Å². The molecule has 0 aromatic heterocycles. The van der Waals surface area contributed by atoms with Crippen LogP contribution in [0.25, 0.3) is 0 Å². The van der Waals surface area contributed by atoms with Crippen molar-refractivity contribution in [2.45, 2.75) is 32.2 Å². The van der Waals surface area contributed by atoms with E-state index in [0.717, 1.165) is 0 Å². The number of anilines is 1. The maximum Gasteiger partial charge on any atom is 0.249 e. The van der Waals surface area contributed by atoms with Crippen LogP contribution in [0.3, 0.4) is 0 Å². The molecule has 1 fully saturated rings. The van der Waals surface area contributed by atoms with Gasteiger partial charge in [-0.25, -0.2) is 4.39 Å². The quantitative estimate of drug-likeness (QED) is 0.801. The molecule has 1 aliphatic heterocycles. The van der Waals surface area contributed by atoms with Crippen LogP contribution in [-0.2, 0) is 16.0 Å². The molecule has 1 saturated heterocycles. The van der Waals surface area contributed by atoms with Crippen LogP contribution in [0.5, 0.6) is 0 Å². The van der Waals surface area contributed by atoms with Gasteiger partial charge in [-0.05, 0) is 30.5 Å². The van der Waals surface area contributed by atoms with E-state index in [1.165, 1.54) is 6.07 Å². The second-order valence-corrected chi connectivity index (χ2v) is 4.31. The number of halogens is 1. The van der Waals surface area contributed by atoms with Gasteiger partial charge in [0.2, 0.25) is 11.8 Å². The van der Waals surface area contributed by atoms with Crippen LogP contribution >= 0.6 is 0 Å². The lowest BCUT2D eigenvalue weighted by Crippen LogP contribution is -2.47. The highest BCUT2D eigenvalue weighted by molar-refractivity contribution is 6.01. The number of benzene rings is 1. The van der Waals surface area contributed by atoms with E-state index in [0.29, 0.717) is 30.5 Å². The van der Waals surface area contributed by atoms with Crippen molar-refractivity contribution in [1.82, 2.24) is 5.32 Å². The summed E-state index contributed by atoms with van der Waals surface area (Å²) in [5.41, 5.74) is 1.20. The Balaban J connectivity index is 2.07. The van der Waals surface area contributed by atoms with E-state index >= 15 is 0 Å². The number of imide groups is 1. The molecule has 2 rings (SSSR count). The van der Waals surface area contributed by atoms with E-state index < -0.39 is 6.04 Å². The molecule has 1 heterocycles. The van der Waals surface area contributed by atoms with Crippen LogP contribution in [0.2, 0.25) is 0 Å². The van der Waals surface area contributed by atoms with E-state index in [-0.39, 0.29) is 17.6 Å². The lowest BCUT2D eigenvalue weighted by Gasteiger charge is -2.22. The summed E-state index contributed by atoms with van der Waals surface area (Å²) in [6.07, 6.45) is 1.37. The maximum atomic E-state index is 13.6. The highest BCUT2D eigenvalue weighted by atomic mass is 19.1. The molecule has 4 nitrogen and oxygen atoms in total. The van der Waals surface area contributed by atoms with E-state index in [9.17, 15) is 14.0 Å². The summed E-state index contributed by atoms with van der Waals surface area (Å²) >= 11 is 0. The molecule has 0 spiro atoms. The van der Waals surface area contributed by atoms with Gasteiger partial charge in [-0.15, -0.1) is 0 Å². The fourth-order valence-electron chi connectivity index (χ4n) is 1.96. The van der Waals surface area contributed by atoms with Crippen molar-refractivity contribution in [2.75, 3.05) is 5.32 Å². The zero-order valence-electron chi connectivity index (χ0n) is 10.1. The predicted molar refractivity (Wildman–Crippen MR) is 65.6 cm³/mol. The number of aryl methyl sites for hydroxylation is 1. The van der Waals surface area contributed by atoms with Gasteiger partial charge in [-0.3, -0.25) is 14.9 Å². The molecule has 0 saturated carbocycles. The van der Waals surface area contributed by atoms with E-state index in [1.807, 2.05) is 6.92 Å². The number of piperidine rings is 1. The number of nitrogens with one attached hydrogen (secondary N) is 2. The summed E-state index contributed by atoms with van der Waals surface area (Å²) in [6, 6.07) is 4.34. The van der Waals surface area contributed by atoms with Gasteiger partial charge in [-0.1, -0.05) is 13.0 Å².